The molecule has 220 valence electrons. The largest absolute Gasteiger partial charge is 0.497 e. The van der Waals surface area contributed by atoms with Gasteiger partial charge in [-0.05, 0) is 65.2 Å². The second kappa shape index (κ2) is 13.2. The lowest BCUT2D eigenvalue weighted by atomic mass is 10.1. The fourth-order valence-corrected chi connectivity index (χ4v) is 5.82. The number of carbonyl (C=O) groups excluding carboxylic acids is 1. The van der Waals surface area contributed by atoms with Crippen LogP contribution in [0.1, 0.15) is 34.7 Å². The number of benzene rings is 4. The van der Waals surface area contributed by atoms with Gasteiger partial charge in [0.15, 0.2) is 0 Å². The third-order valence-electron chi connectivity index (χ3n) is 7.24. The highest BCUT2D eigenvalue weighted by Gasteiger charge is 2.29. The zero-order valence-corrected chi connectivity index (χ0v) is 26.8. The lowest BCUT2D eigenvalue weighted by Gasteiger charge is -2.31. The molecule has 0 spiro atoms. The van der Waals surface area contributed by atoms with E-state index in [9.17, 15) is 9.59 Å². The normalized spacial score (nSPS) is 11.8. The number of methoxy groups -OCH3 is 2. The highest BCUT2D eigenvalue weighted by molar-refractivity contribution is 9.10. The zero-order valence-electron chi connectivity index (χ0n) is 23.7. The Kier molecular flexibility index (Phi) is 9.40. The lowest BCUT2D eigenvalue weighted by molar-refractivity contribution is 0.0683. The van der Waals surface area contributed by atoms with Gasteiger partial charge in [0.05, 0.1) is 51.4 Å². The average molecular weight is 681 g/mol. The van der Waals surface area contributed by atoms with Gasteiger partial charge >= 0.3 is 0 Å². The molecule has 5 aromatic rings. The van der Waals surface area contributed by atoms with Crippen LogP contribution in [0, 0.1) is 0 Å². The maximum absolute atomic E-state index is 14.2. The van der Waals surface area contributed by atoms with Gasteiger partial charge in [-0.3, -0.25) is 14.2 Å². The Balaban J connectivity index is 1.72. The molecule has 0 fully saturated rings. The number of para-hydroxylation sites is 1. The van der Waals surface area contributed by atoms with Crippen LogP contribution >= 0.6 is 39.1 Å². The predicted octanol–water partition coefficient (Wildman–Crippen LogP) is 7.92. The monoisotopic (exact) mass is 679 g/mol. The number of rotatable bonds is 9. The third kappa shape index (κ3) is 6.27. The Hall–Kier alpha value is -3.85. The molecule has 0 aliphatic rings. The van der Waals surface area contributed by atoms with Crippen molar-refractivity contribution in [3.05, 3.63) is 127 Å². The van der Waals surface area contributed by atoms with Crippen molar-refractivity contribution in [2.24, 2.45) is 0 Å². The van der Waals surface area contributed by atoms with Gasteiger partial charge in [0.1, 0.15) is 17.3 Å². The summed E-state index contributed by atoms with van der Waals surface area (Å²) in [5.74, 6) is 1.04. The highest BCUT2D eigenvalue weighted by Crippen LogP contribution is 2.37. The smallest absolute Gasteiger partial charge is 0.266 e. The maximum Gasteiger partial charge on any atom is 0.266 e. The van der Waals surface area contributed by atoms with Crippen LogP contribution in [0.2, 0.25) is 10.0 Å². The minimum atomic E-state index is -0.660. The van der Waals surface area contributed by atoms with Crippen molar-refractivity contribution in [2.75, 3.05) is 20.8 Å². The van der Waals surface area contributed by atoms with Crippen molar-refractivity contribution in [3.63, 3.8) is 0 Å². The molecule has 0 radical (unpaired) electrons. The Morgan fingerprint density at radius 3 is 2.37 bits per heavy atom. The van der Waals surface area contributed by atoms with Gasteiger partial charge in [-0.15, -0.1) is 0 Å². The molecule has 0 saturated carbocycles. The number of hydrogen-bond donors (Lipinski definition) is 0. The molecular formula is C33H28BrCl2N3O4. The van der Waals surface area contributed by atoms with Gasteiger partial charge in [-0.2, -0.15) is 0 Å². The van der Waals surface area contributed by atoms with Crippen LogP contribution in [0.4, 0.5) is 0 Å². The topological polar surface area (TPSA) is 73.7 Å². The van der Waals surface area contributed by atoms with E-state index in [4.69, 9.17) is 37.7 Å². The van der Waals surface area contributed by atoms with Gasteiger partial charge in [-0.25, -0.2) is 4.98 Å². The van der Waals surface area contributed by atoms with E-state index >= 15 is 0 Å². The molecule has 0 bridgehead atoms. The van der Waals surface area contributed by atoms with Crippen LogP contribution in [-0.2, 0) is 6.42 Å². The number of nitrogens with zero attached hydrogens (tertiary/aromatic N) is 3. The number of hydrogen-bond acceptors (Lipinski definition) is 5. The molecule has 0 aliphatic carbocycles. The quantitative estimate of drug-likeness (QED) is 0.158. The van der Waals surface area contributed by atoms with Gasteiger partial charge in [-0.1, -0.05) is 65.7 Å². The number of fused-ring (bicyclic) bond motifs is 1. The molecule has 0 N–H and O–H groups in total. The van der Waals surface area contributed by atoms with Crippen LogP contribution in [0.25, 0.3) is 16.6 Å². The summed E-state index contributed by atoms with van der Waals surface area (Å²) in [6, 6.07) is 24.6. The van der Waals surface area contributed by atoms with E-state index in [1.807, 2.05) is 43.3 Å². The number of carbonyl (C=O) groups is 1. The molecule has 1 heterocycles. The van der Waals surface area contributed by atoms with Crippen molar-refractivity contribution < 1.29 is 14.3 Å². The van der Waals surface area contributed by atoms with E-state index in [1.54, 1.807) is 60.5 Å². The summed E-state index contributed by atoms with van der Waals surface area (Å²) in [7, 11) is 3.08. The molecule has 0 aliphatic heterocycles. The Bertz CT molecular complexity index is 1860. The maximum atomic E-state index is 14.2. The summed E-state index contributed by atoms with van der Waals surface area (Å²) in [6.45, 7) is 2.20. The van der Waals surface area contributed by atoms with Crippen molar-refractivity contribution >= 4 is 55.9 Å². The van der Waals surface area contributed by atoms with E-state index in [0.29, 0.717) is 61.9 Å². The summed E-state index contributed by atoms with van der Waals surface area (Å²) in [4.78, 5) is 35.0. The first kappa shape index (κ1) is 30.6. The second-order valence-corrected chi connectivity index (χ2v) is 11.4. The van der Waals surface area contributed by atoms with E-state index in [2.05, 4.69) is 15.9 Å². The standard InChI is InChI=1S/C33H28BrCl2N3O4/c1-20(38(16-15-21-9-5-4-6-10-21)32(40)22-13-14-25(35)26(36)17-22)31-37-27-12-8-7-11-24(27)33(41)39(31)28-18-23(42-2)19-29(43-3)30(28)34/h4-14,17-20H,15-16H2,1-3H3. The summed E-state index contributed by atoms with van der Waals surface area (Å²) in [6.07, 6.45) is 0.576. The summed E-state index contributed by atoms with van der Waals surface area (Å²) >= 11 is 16.1. The summed E-state index contributed by atoms with van der Waals surface area (Å²) in [5.41, 5.74) is 2.11. The van der Waals surface area contributed by atoms with Gasteiger partial charge in [0.25, 0.3) is 11.5 Å². The number of aromatic nitrogens is 2. The molecule has 4 aromatic carbocycles. The van der Waals surface area contributed by atoms with Crippen molar-refractivity contribution in [1.29, 1.82) is 0 Å². The van der Waals surface area contributed by atoms with Gasteiger partial charge in [0, 0.05) is 24.2 Å². The number of amides is 1. The van der Waals surface area contributed by atoms with Crippen LogP contribution in [-0.4, -0.2) is 41.1 Å². The SMILES string of the molecule is COc1cc(OC)c(Br)c(-n2c(C(C)N(CCc3ccccc3)C(=O)c3ccc(Cl)c(Cl)c3)nc3ccccc3c2=O)c1. The first-order valence-electron chi connectivity index (χ1n) is 13.5. The Labute approximate surface area is 267 Å². The molecule has 1 atom stereocenters. The van der Waals surface area contributed by atoms with Crippen molar-refractivity contribution in [1.82, 2.24) is 14.5 Å². The zero-order chi connectivity index (χ0) is 30.7. The second-order valence-electron chi connectivity index (χ2n) is 9.83. The number of halogens is 3. The fourth-order valence-electron chi connectivity index (χ4n) is 4.95. The van der Waals surface area contributed by atoms with Crippen LogP contribution in [0.3, 0.4) is 0 Å². The molecule has 10 heteroatoms. The summed E-state index contributed by atoms with van der Waals surface area (Å²) in [5, 5.41) is 1.05. The first-order valence-corrected chi connectivity index (χ1v) is 15.0. The lowest BCUT2D eigenvalue weighted by Crippen LogP contribution is -2.38. The molecule has 7 nitrogen and oxygen atoms in total. The van der Waals surface area contributed by atoms with E-state index < -0.39 is 6.04 Å². The fraction of sp³-hybridized carbons (Fsp3) is 0.182. The molecule has 0 saturated heterocycles. The number of ether oxygens (including phenoxy) is 2. The summed E-state index contributed by atoms with van der Waals surface area (Å²) < 4.78 is 13.2. The average Bonchev–Trinajstić information content (AvgIpc) is 3.03. The minimum Gasteiger partial charge on any atom is -0.497 e. The first-order chi connectivity index (χ1) is 20.7. The van der Waals surface area contributed by atoms with Crippen molar-refractivity contribution in [3.8, 4) is 17.2 Å². The van der Waals surface area contributed by atoms with Gasteiger partial charge in [0.2, 0.25) is 0 Å². The van der Waals surface area contributed by atoms with E-state index in [1.165, 1.54) is 11.7 Å². The molecule has 43 heavy (non-hydrogen) atoms. The molecular weight excluding hydrogens is 653 g/mol. The molecule has 1 aromatic heterocycles. The highest BCUT2D eigenvalue weighted by atomic mass is 79.9. The van der Waals surface area contributed by atoms with Crippen LogP contribution in [0.15, 0.2) is 94.2 Å². The van der Waals surface area contributed by atoms with E-state index in [-0.39, 0.29) is 16.5 Å². The molecule has 1 amide bonds. The molecule has 1 unspecified atom stereocenters. The van der Waals surface area contributed by atoms with Crippen LogP contribution in [0.5, 0.6) is 11.5 Å². The van der Waals surface area contributed by atoms with Crippen molar-refractivity contribution in [2.45, 2.75) is 19.4 Å². The van der Waals surface area contributed by atoms with E-state index in [0.717, 1.165) is 5.56 Å². The predicted molar refractivity (Wildman–Crippen MR) is 174 cm³/mol. The van der Waals surface area contributed by atoms with Crippen LogP contribution < -0.4 is 15.0 Å². The molecule has 5 rings (SSSR count). The minimum absolute atomic E-state index is 0.274. The third-order valence-corrected chi connectivity index (χ3v) is 8.78. The Morgan fingerprint density at radius 2 is 1.67 bits per heavy atom. The Morgan fingerprint density at radius 1 is 0.953 bits per heavy atom. The van der Waals surface area contributed by atoms with Gasteiger partial charge < -0.3 is 14.4 Å².